The molecule has 0 radical (unpaired) electrons. The van der Waals surface area contributed by atoms with Crippen molar-refractivity contribution < 1.29 is 37.6 Å². The molecule has 8 nitrogen and oxygen atoms in total. The molecule has 1 aliphatic rings. The van der Waals surface area contributed by atoms with Crippen LogP contribution in [0.5, 0.6) is 0 Å². The first-order chi connectivity index (χ1) is 8.09. The Labute approximate surface area is 105 Å². The first-order valence-electron chi connectivity index (χ1n) is 5.41. The zero-order chi connectivity index (χ0) is 14.0. The van der Waals surface area contributed by atoms with E-state index in [4.69, 9.17) is 14.5 Å². The molecule has 0 aliphatic carbocycles. The highest BCUT2D eigenvalue weighted by molar-refractivity contribution is 7.53. The SMILES string of the molecule is C[C@@H]1CC(COP(=O)(O)OCP(=O)(O)O)O[C@H]1C. The Morgan fingerprint density at radius 3 is 2.28 bits per heavy atom. The summed E-state index contributed by atoms with van der Waals surface area (Å²) in [5, 5.41) is 0. The van der Waals surface area contributed by atoms with Gasteiger partial charge < -0.3 is 19.4 Å². The van der Waals surface area contributed by atoms with Crippen molar-refractivity contribution in [1.82, 2.24) is 0 Å². The van der Waals surface area contributed by atoms with Crippen LogP contribution in [0.1, 0.15) is 20.3 Å². The number of phosphoric acid groups is 1. The second kappa shape index (κ2) is 6.11. The Balaban J connectivity index is 2.34. The largest absolute Gasteiger partial charge is 0.472 e. The predicted molar refractivity (Wildman–Crippen MR) is 61.9 cm³/mol. The summed E-state index contributed by atoms with van der Waals surface area (Å²) in [6, 6.07) is 0. The van der Waals surface area contributed by atoms with E-state index in [0.717, 1.165) is 0 Å². The summed E-state index contributed by atoms with van der Waals surface area (Å²) in [5.41, 5.74) is 0. The fourth-order valence-corrected chi connectivity index (χ4v) is 3.18. The third-order valence-electron chi connectivity index (χ3n) is 2.66. The Bertz CT molecular complexity index is 356. The molecule has 0 aromatic carbocycles. The molecule has 0 aromatic heterocycles. The van der Waals surface area contributed by atoms with E-state index < -0.39 is 21.8 Å². The summed E-state index contributed by atoms with van der Waals surface area (Å²) in [6.45, 7) is 3.74. The minimum absolute atomic E-state index is 0.0488. The van der Waals surface area contributed by atoms with Crippen LogP contribution in [-0.4, -0.2) is 39.8 Å². The topological polar surface area (TPSA) is 123 Å². The van der Waals surface area contributed by atoms with Gasteiger partial charge in [0.15, 0.2) is 6.35 Å². The van der Waals surface area contributed by atoms with E-state index in [1.807, 2.05) is 13.8 Å². The van der Waals surface area contributed by atoms with Gasteiger partial charge in [0.25, 0.3) is 0 Å². The highest BCUT2D eigenvalue weighted by Gasteiger charge is 2.32. The molecule has 0 saturated carbocycles. The Morgan fingerprint density at radius 1 is 1.22 bits per heavy atom. The molecular formula is C8H18O8P2. The van der Waals surface area contributed by atoms with Gasteiger partial charge in [0.2, 0.25) is 0 Å². The molecule has 0 amide bonds. The van der Waals surface area contributed by atoms with Crippen LogP contribution in [0.4, 0.5) is 0 Å². The standard InChI is InChI=1S/C8H18O8P2/c1-6-3-8(16-7(6)2)4-14-18(12,13)15-5-17(9,10)11/h6-8H,3-5H2,1-2H3,(H,12,13)(H2,9,10,11)/t6-,7+,8?/m1/s1. The average molecular weight is 304 g/mol. The summed E-state index contributed by atoms with van der Waals surface area (Å²) in [4.78, 5) is 26.2. The van der Waals surface area contributed by atoms with Gasteiger partial charge in [-0.2, -0.15) is 0 Å². The zero-order valence-corrected chi connectivity index (χ0v) is 11.9. The number of rotatable bonds is 6. The molecule has 4 atom stereocenters. The van der Waals surface area contributed by atoms with Crippen LogP contribution in [0.2, 0.25) is 0 Å². The van der Waals surface area contributed by atoms with Crippen molar-refractivity contribution in [3.63, 3.8) is 0 Å². The molecule has 0 bridgehead atoms. The Hall–Kier alpha value is 0.220. The Kier molecular flexibility index (Phi) is 5.53. The van der Waals surface area contributed by atoms with Crippen LogP contribution in [0, 0.1) is 5.92 Å². The van der Waals surface area contributed by atoms with E-state index in [2.05, 4.69) is 9.05 Å². The van der Waals surface area contributed by atoms with Crippen LogP contribution in [0.25, 0.3) is 0 Å². The average Bonchev–Trinajstić information content (AvgIpc) is 2.53. The van der Waals surface area contributed by atoms with Gasteiger partial charge in [0.05, 0.1) is 18.8 Å². The number of ether oxygens (including phenoxy) is 1. The maximum absolute atomic E-state index is 11.3. The predicted octanol–water partition coefficient (Wildman–Crippen LogP) is 1.07. The molecular weight excluding hydrogens is 286 g/mol. The maximum atomic E-state index is 11.3. The molecule has 1 fully saturated rings. The van der Waals surface area contributed by atoms with E-state index in [1.54, 1.807) is 0 Å². The molecule has 0 spiro atoms. The van der Waals surface area contributed by atoms with Gasteiger partial charge >= 0.3 is 15.4 Å². The maximum Gasteiger partial charge on any atom is 0.472 e. The van der Waals surface area contributed by atoms with Crippen LogP contribution in [0.15, 0.2) is 0 Å². The highest BCUT2D eigenvalue weighted by atomic mass is 31.2. The Morgan fingerprint density at radius 2 is 1.83 bits per heavy atom. The van der Waals surface area contributed by atoms with Crippen LogP contribution in [0.3, 0.4) is 0 Å². The third kappa shape index (κ3) is 5.91. The zero-order valence-electron chi connectivity index (χ0n) is 10.1. The molecule has 108 valence electrons. The molecule has 18 heavy (non-hydrogen) atoms. The van der Waals surface area contributed by atoms with E-state index >= 15 is 0 Å². The number of phosphoric ester groups is 1. The van der Waals surface area contributed by atoms with Crippen molar-refractivity contribution in [1.29, 1.82) is 0 Å². The number of hydrogen-bond acceptors (Lipinski definition) is 5. The van der Waals surface area contributed by atoms with Crippen molar-refractivity contribution in [2.75, 3.05) is 13.0 Å². The second-order valence-corrected chi connectivity index (χ2v) is 7.40. The smallest absolute Gasteiger partial charge is 0.373 e. The van der Waals surface area contributed by atoms with Crippen molar-refractivity contribution in [2.45, 2.75) is 32.5 Å². The summed E-state index contributed by atoms with van der Waals surface area (Å²) < 4.78 is 36.0. The molecule has 1 aliphatic heterocycles. The van der Waals surface area contributed by atoms with Gasteiger partial charge in [-0.25, -0.2) is 4.57 Å². The van der Waals surface area contributed by atoms with Crippen molar-refractivity contribution in [3.8, 4) is 0 Å². The quantitative estimate of drug-likeness (QED) is 0.623. The second-order valence-electron chi connectivity index (χ2n) is 4.36. The van der Waals surface area contributed by atoms with Gasteiger partial charge in [-0.3, -0.25) is 13.6 Å². The van der Waals surface area contributed by atoms with Crippen molar-refractivity contribution in [2.24, 2.45) is 5.92 Å². The van der Waals surface area contributed by atoms with Crippen LogP contribution < -0.4 is 0 Å². The minimum atomic E-state index is -4.50. The first-order valence-corrected chi connectivity index (χ1v) is 8.70. The molecule has 1 saturated heterocycles. The summed E-state index contributed by atoms with van der Waals surface area (Å²) in [5.74, 6) is 0.327. The normalized spacial score (nSPS) is 32.4. The van der Waals surface area contributed by atoms with Crippen molar-refractivity contribution in [3.05, 3.63) is 0 Å². The van der Waals surface area contributed by atoms with Gasteiger partial charge in [-0.1, -0.05) is 6.92 Å². The molecule has 1 heterocycles. The van der Waals surface area contributed by atoms with Gasteiger partial charge in [-0.05, 0) is 19.3 Å². The van der Waals surface area contributed by atoms with E-state index in [-0.39, 0.29) is 18.8 Å². The van der Waals surface area contributed by atoms with E-state index in [1.165, 1.54) is 0 Å². The monoisotopic (exact) mass is 304 g/mol. The highest BCUT2D eigenvalue weighted by Crippen LogP contribution is 2.49. The lowest BCUT2D eigenvalue weighted by Gasteiger charge is -2.15. The van der Waals surface area contributed by atoms with Crippen LogP contribution >= 0.6 is 15.4 Å². The lowest BCUT2D eigenvalue weighted by atomic mass is 10.0. The van der Waals surface area contributed by atoms with Crippen LogP contribution in [-0.2, 0) is 22.9 Å². The van der Waals surface area contributed by atoms with Crippen molar-refractivity contribution >= 4 is 15.4 Å². The summed E-state index contributed by atoms with van der Waals surface area (Å²) in [6.07, 6.45) is -0.722. The fraction of sp³-hybridized carbons (Fsp3) is 1.00. The van der Waals surface area contributed by atoms with E-state index in [9.17, 15) is 14.0 Å². The lowest BCUT2D eigenvalue weighted by Crippen LogP contribution is -2.15. The fourth-order valence-electron chi connectivity index (χ4n) is 1.57. The lowest BCUT2D eigenvalue weighted by molar-refractivity contribution is 0.0117. The molecule has 3 N–H and O–H groups in total. The molecule has 10 heteroatoms. The van der Waals surface area contributed by atoms with Gasteiger partial charge in [-0.15, -0.1) is 0 Å². The molecule has 0 aromatic rings. The molecule has 2 unspecified atom stereocenters. The minimum Gasteiger partial charge on any atom is -0.373 e. The van der Waals surface area contributed by atoms with Gasteiger partial charge in [0.1, 0.15) is 0 Å². The summed E-state index contributed by atoms with van der Waals surface area (Å²) in [7, 11) is -8.95. The first kappa shape index (κ1) is 16.3. The number of hydrogen-bond donors (Lipinski definition) is 3. The van der Waals surface area contributed by atoms with E-state index in [0.29, 0.717) is 12.3 Å². The summed E-state index contributed by atoms with van der Waals surface area (Å²) >= 11 is 0. The van der Waals surface area contributed by atoms with Gasteiger partial charge in [0, 0.05) is 0 Å². The third-order valence-corrected chi connectivity index (χ3v) is 4.26. The molecule has 1 rings (SSSR count).